The van der Waals surface area contributed by atoms with Crippen LogP contribution in [0.2, 0.25) is 0 Å². The van der Waals surface area contributed by atoms with Crippen molar-refractivity contribution >= 4 is 10.0 Å². The second-order valence-electron chi connectivity index (χ2n) is 6.28. The molecule has 1 unspecified atom stereocenters. The van der Waals surface area contributed by atoms with Crippen LogP contribution in [0.4, 0.5) is 0 Å². The third kappa shape index (κ3) is 3.81. The molecule has 24 heavy (non-hydrogen) atoms. The number of hydrogen-bond acceptors (Lipinski definition) is 5. The fraction of sp³-hybridized carbons (Fsp3) is 0.562. The lowest BCUT2D eigenvalue weighted by atomic mass is 9.96. The Bertz CT molecular complexity index is 802. The Morgan fingerprint density at radius 1 is 1.29 bits per heavy atom. The molecule has 0 aliphatic carbocycles. The highest BCUT2D eigenvalue weighted by Crippen LogP contribution is 2.28. The molecule has 8 heteroatoms. The number of piperidine rings is 1. The summed E-state index contributed by atoms with van der Waals surface area (Å²) < 4.78 is 27.0. The van der Waals surface area contributed by atoms with Gasteiger partial charge in [-0.25, -0.2) is 17.7 Å². The van der Waals surface area contributed by atoms with E-state index in [9.17, 15) is 8.42 Å². The van der Waals surface area contributed by atoms with Crippen molar-refractivity contribution in [3.8, 4) is 11.3 Å². The van der Waals surface area contributed by atoms with Gasteiger partial charge in [-0.1, -0.05) is 6.92 Å². The van der Waals surface area contributed by atoms with Crippen LogP contribution in [0.3, 0.4) is 0 Å². The van der Waals surface area contributed by atoms with Crippen molar-refractivity contribution in [2.45, 2.75) is 38.6 Å². The monoisotopic (exact) mass is 349 g/mol. The highest BCUT2D eigenvalue weighted by molar-refractivity contribution is 7.88. The van der Waals surface area contributed by atoms with Crippen LogP contribution in [-0.2, 0) is 16.6 Å². The first-order valence-electron chi connectivity index (χ1n) is 8.27. The Balaban J connectivity index is 1.82. The number of nitrogens with zero attached hydrogens (tertiary/aromatic N) is 5. The van der Waals surface area contributed by atoms with Gasteiger partial charge in [-0.2, -0.15) is 5.10 Å². The molecule has 1 atom stereocenters. The van der Waals surface area contributed by atoms with Gasteiger partial charge in [-0.05, 0) is 19.3 Å². The van der Waals surface area contributed by atoms with Crippen molar-refractivity contribution in [1.29, 1.82) is 0 Å². The van der Waals surface area contributed by atoms with Gasteiger partial charge in [0.15, 0.2) is 0 Å². The molecular formula is C16H23N5O2S. The lowest BCUT2D eigenvalue weighted by molar-refractivity contribution is 0.314. The fourth-order valence-electron chi connectivity index (χ4n) is 3.05. The molecular weight excluding hydrogens is 326 g/mol. The van der Waals surface area contributed by atoms with Crippen molar-refractivity contribution in [2.75, 3.05) is 19.3 Å². The van der Waals surface area contributed by atoms with E-state index in [-0.39, 0.29) is 5.92 Å². The molecule has 2 aromatic rings. The molecule has 0 aromatic carbocycles. The topological polar surface area (TPSA) is 81.0 Å². The van der Waals surface area contributed by atoms with Gasteiger partial charge in [0.05, 0.1) is 30.0 Å². The van der Waals surface area contributed by atoms with Crippen LogP contribution in [0.5, 0.6) is 0 Å². The molecule has 0 bridgehead atoms. The number of aromatic nitrogens is 4. The maximum Gasteiger partial charge on any atom is 0.211 e. The SMILES string of the molecule is CCCn1cc(-c2cncc(C3CCCN(S(C)(=O)=O)C3)n2)cn1. The number of rotatable bonds is 5. The summed E-state index contributed by atoms with van der Waals surface area (Å²) in [5.74, 6) is 0.0895. The molecule has 1 saturated heterocycles. The van der Waals surface area contributed by atoms with Crippen LogP contribution in [0.15, 0.2) is 24.8 Å². The molecule has 130 valence electrons. The molecule has 1 aliphatic rings. The van der Waals surface area contributed by atoms with Gasteiger partial charge in [-0.15, -0.1) is 0 Å². The molecule has 1 fully saturated rings. The van der Waals surface area contributed by atoms with Gasteiger partial charge in [0.25, 0.3) is 0 Å². The molecule has 2 aromatic heterocycles. The van der Waals surface area contributed by atoms with E-state index in [0.29, 0.717) is 13.1 Å². The van der Waals surface area contributed by atoms with E-state index in [1.54, 1.807) is 18.6 Å². The van der Waals surface area contributed by atoms with Crippen LogP contribution in [-0.4, -0.2) is 51.8 Å². The second-order valence-corrected chi connectivity index (χ2v) is 8.26. The van der Waals surface area contributed by atoms with Crippen molar-refractivity contribution in [1.82, 2.24) is 24.1 Å². The van der Waals surface area contributed by atoms with Crippen LogP contribution < -0.4 is 0 Å². The van der Waals surface area contributed by atoms with Gasteiger partial charge in [0.2, 0.25) is 10.0 Å². The van der Waals surface area contributed by atoms with Crippen LogP contribution in [0, 0.1) is 0 Å². The van der Waals surface area contributed by atoms with E-state index in [0.717, 1.165) is 42.8 Å². The zero-order chi connectivity index (χ0) is 17.2. The van der Waals surface area contributed by atoms with E-state index in [1.807, 2.05) is 10.9 Å². The zero-order valence-electron chi connectivity index (χ0n) is 14.1. The van der Waals surface area contributed by atoms with Gasteiger partial charge in [-0.3, -0.25) is 9.67 Å². The van der Waals surface area contributed by atoms with Gasteiger partial charge >= 0.3 is 0 Å². The fourth-order valence-corrected chi connectivity index (χ4v) is 3.96. The molecule has 1 aliphatic heterocycles. The molecule has 0 amide bonds. The molecule has 0 N–H and O–H groups in total. The molecule has 3 heterocycles. The largest absolute Gasteiger partial charge is 0.272 e. The van der Waals surface area contributed by atoms with E-state index in [2.05, 4.69) is 17.0 Å². The highest BCUT2D eigenvalue weighted by atomic mass is 32.2. The maximum absolute atomic E-state index is 11.8. The summed E-state index contributed by atoms with van der Waals surface area (Å²) in [6.07, 6.45) is 11.3. The van der Waals surface area contributed by atoms with E-state index < -0.39 is 10.0 Å². The van der Waals surface area contributed by atoms with E-state index in [4.69, 9.17) is 4.98 Å². The first kappa shape index (κ1) is 17.0. The molecule has 3 rings (SSSR count). The summed E-state index contributed by atoms with van der Waals surface area (Å²) in [5.41, 5.74) is 2.57. The summed E-state index contributed by atoms with van der Waals surface area (Å²) in [5, 5.41) is 4.33. The minimum absolute atomic E-state index is 0.0895. The first-order chi connectivity index (χ1) is 11.5. The lowest BCUT2D eigenvalue weighted by Crippen LogP contribution is -2.38. The third-order valence-corrected chi connectivity index (χ3v) is 5.58. The Hall–Kier alpha value is -1.80. The number of hydrogen-bond donors (Lipinski definition) is 0. The van der Waals surface area contributed by atoms with E-state index in [1.165, 1.54) is 10.6 Å². The molecule has 0 saturated carbocycles. The second kappa shape index (κ2) is 6.98. The Morgan fingerprint density at radius 2 is 2.12 bits per heavy atom. The average Bonchev–Trinajstić information content (AvgIpc) is 3.03. The van der Waals surface area contributed by atoms with Gasteiger partial charge < -0.3 is 0 Å². The van der Waals surface area contributed by atoms with Crippen LogP contribution in [0.25, 0.3) is 11.3 Å². The van der Waals surface area contributed by atoms with Gasteiger partial charge in [0, 0.05) is 43.5 Å². The Kier molecular flexibility index (Phi) is 4.96. The number of aryl methyl sites for hydroxylation is 1. The van der Waals surface area contributed by atoms with Crippen molar-refractivity contribution in [2.24, 2.45) is 0 Å². The minimum atomic E-state index is -3.16. The van der Waals surface area contributed by atoms with Crippen molar-refractivity contribution < 1.29 is 8.42 Å². The van der Waals surface area contributed by atoms with Crippen molar-refractivity contribution in [3.05, 3.63) is 30.5 Å². The Labute approximate surface area is 142 Å². The summed E-state index contributed by atoms with van der Waals surface area (Å²) in [6, 6.07) is 0. The average molecular weight is 349 g/mol. The maximum atomic E-state index is 11.8. The van der Waals surface area contributed by atoms with Crippen LogP contribution in [0.1, 0.15) is 37.8 Å². The predicted octanol–water partition coefficient (Wildman–Crippen LogP) is 1.89. The molecule has 0 radical (unpaired) electrons. The summed E-state index contributed by atoms with van der Waals surface area (Å²) >= 11 is 0. The summed E-state index contributed by atoms with van der Waals surface area (Å²) in [4.78, 5) is 9.03. The summed E-state index contributed by atoms with van der Waals surface area (Å²) in [6.45, 7) is 4.05. The standard InChI is InChI=1S/C16H23N5O2S/c1-3-6-20-11-14(8-18-20)16-10-17-9-15(19-16)13-5-4-7-21(12-13)24(2,22)23/h8-11,13H,3-7,12H2,1-2H3. The first-order valence-corrected chi connectivity index (χ1v) is 10.1. The van der Waals surface area contributed by atoms with Gasteiger partial charge in [0.1, 0.15) is 0 Å². The predicted molar refractivity (Wildman–Crippen MR) is 91.9 cm³/mol. The quantitative estimate of drug-likeness (QED) is 0.823. The lowest BCUT2D eigenvalue weighted by Gasteiger charge is -2.30. The van der Waals surface area contributed by atoms with Crippen LogP contribution >= 0.6 is 0 Å². The normalized spacial score (nSPS) is 19.5. The smallest absolute Gasteiger partial charge is 0.211 e. The summed E-state index contributed by atoms with van der Waals surface area (Å²) in [7, 11) is -3.16. The number of sulfonamides is 1. The van der Waals surface area contributed by atoms with E-state index >= 15 is 0 Å². The molecule has 0 spiro atoms. The third-order valence-electron chi connectivity index (χ3n) is 4.31. The Morgan fingerprint density at radius 3 is 2.88 bits per heavy atom. The highest BCUT2D eigenvalue weighted by Gasteiger charge is 2.28. The minimum Gasteiger partial charge on any atom is -0.272 e. The zero-order valence-corrected chi connectivity index (χ0v) is 14.9. The van der Waals surface area contributed by atoms with Crippen molar-refractivity contribution in [3.63, 3.8) is 0 Å². The molecule has 7 nitrogen and oxygen atoms in total.